The first-order valence-electron chi connectivity index (χ1n) is 9.22. The third-order valence-electron chi connectivity index (χ3n) is 7.10. The van der Waals surface area contributed by atoms with Crippen LogP contribution in [-0.2, 0) is 4.74 Å². The summed E-state index contributed by atoms with van der Waals surface area (Å²) >= 11 is 0. The van der Waals surface area contributed by atoms with Gasteiger partial charge in [-0.2, -0.15) is 0 Å². The van der Waals surface area contributed by atoms with Crippen LogP contribution in [0.3, 0.4) is 0 Å². The predicted octanol–water partition coefficient (Wildman–Crippen LogP) is 3.42. The molecule has 0 aromatic carbocycles. The predicted molar refractivity (Wildman–Crippen MR) is 89.6 cm³/mol. The third kappa shape index (κ3) is 2.13. The summed E-state index contributed by atoms with van der Waals surface area (Å²) in [5.41, 5.74) is 4.08. The van der Waals surface area contributed by atoms with Gasteiger partial charge >= 0.3 is 0 Å². The lowest BCUT2D eigenvalue weighted by atomic mass is 9.67. The van der Waals surface area contributed by atoms with E-state index in [1.165, 1.54) is 16.7 Å². The molecule has 23 heavy (non-hydrogen) atoms. The Kier molecular flexibility index (Phi) is 3.40. The number of ether oxygens (including phenoxy) is 1. The summed E-state index contributed by atoms with van der Waals surface area (Å²) in [4.78, 5) is 0. The van der Waals surface area contributed by atoms with Gasteiger partial charge in [-0.05, 0) is 53.6 Å². The van der Waals surface area contributed by atoms with Crippen molar-refractivity contribution in [2.24, 2.45) is 29.1 Å². The highest BCUT2D eigenvalue weighted by Crippen LogP contribution is 2.60. The van der Waals surface area contributed by atoms with Crippen LogP contribution in [0.25, 0.3) is 0 Å². The SMILES string of the molecule is CC(C)C1=C2CC=C3COC4(O)CC(C)C(CC2(C)CC1O)C34. The number of aliphatic hydroxyl groups excluding tert-OH is 1. The van der Waals surface area contributed by atoms with E-state index in [0.717, 1.165) is 25.7 Å². The van der Waals surface area contributed by atoms with Gasteiger partial charge in [-0.1, -0.05) is 39.3 Å². The molecule has 3 nitrogen and oxygen atoms in total. The minimum Gasteiger partial charge on any atom is -0.389 e. The summed E-state index contributed by atoms with van der Waals surface area (Å²) in [5.74, 6) is 0.535. The van der Waals surface area contributed by atoms with Gasteiger partial charge in [-0.25, -0.2) is 0 Å². The van der Waals surface area contributed by atoms with Gasteiger partial charge in [-0.15, -0.1) is 0 Å². The zero-order valence-corrected chi connectivity index (χ0v) is 14.8. The average molecular weight is 318 g/mol. The van der Waals surface area contributed by atoms with Gasteiger partial charge in [0.05, 0.1) is 12.7 Å². The molecule has 0 spiro atoms. The number of hydrogen-bond donors (Lipinski definition) is 2. The first kappa shape index (κ1) is 15.9. The second-order valence-corrected chi connectivity index (χ2v) is 9.01. The van der Waals surface area contributed by atoms with Crippen molar-refractivity contribution in [2.75, 3.05) is 6.61 Å². The van der Waals surface area contributed by atoms with Crippen molar-refractivity contribution in [1.29, 1.82) is 0 Å². The van der Waals surface area contributed by atoms with Crippen LogP contribution in [0, 0.1) is 29.1 Å². The minimum absolute atomic E-state index is 0.0633. The zero-order valence-electron chi connectivity index (χ0n) is 14.8. The molecule has 6 unspecified atom stereocenters. The quantitative estimate of drug-likeness (QED) is 0.728. The number of aliphatic hydroxyl groups is 2. The number of hydrogen-bond acceptors (Lipinski definition) is 3. The molecule has 0 aromatic rings. The first-order chi connectivity index (χ1) is 10.8. The first-order valence-corrected chi connectivity index (χ1v) is 9.22. The van der Waals surface area contributed by atoms with Crippen molar-refractivity contribution in [3.63, 3.8) is 0 Å². The second-order valence-electron chi connectivity index (χ2n) is 9.01. The van der Waals surface area contributed by atoms with Crippen LogP contribution in [0.1, 0.15) is 53.4 Å². The summed E-state index contributed by atoms with van der Waals surface area (Å²) < 4.78 is 5.83. The fourth-order valence-corrected chi connectivity index (χ4v) is 6.19. The Morgan fingerprint density at radius 3 is 2.70 bits per heavy atom. The van der Waals surface area contributed by atoms with E-state index >= 15 is 0 Å². The second kappa shape index (κ2) is 4.93. The smallest absolute Gasteiger partial charge is 0.173 e. The molecule has 0 bridgehead atoms. The maximum atomic E-state index is 10.9. The molecule has 2 fully saturated rings. The molecule has 4 aliphatic rings. The van der Waals surface area contributed by atoms with E-state index in [1.807, 2.05) is 0 Å². The van der Waals surface area contributed by atoms with E-state index in [1.54, 1.807) is 0 Å². The minimum atomic E-state index is -0.939. The maximum Gasteiger partial charge on any atom is 0.173 e. The molecule has 0 amide bonds. The highest BCUT2D eigenvalue weighted by Gasteiger charge is 2.59. The zero-order chi connectivity index (χ0) is 16.6. The number of allylic oxidation sites excluding steroid dienone is 2. The summed E-state index contributed by atoms with van der Waals surface area (Å²) in [6.45, 7) is 9.56. The molecule has 128 valence electrons. The Balaban J connectivity index is 1.81. The summed E-state index contributed by atoms with van der Waals surface area (Å²) in [7, 11) is 0. The molecule has 0 radical (unpaired) electrons. The summed E-state index contributed by atoms with van der Waals surface area (Å²) in [5, 5.41) is 21.6. The molecule has 1 aliphatic heterocycles. The number of rotatable bonds is 1. The molecule has 2 N–H and O–H groups in total. The largest absolute Gasteiger partial charge is 0.389 e. The lowest BCUT2D eigenvalue weighted by molar-refractivity contribution is -0.186. The molecule has 1 heterocycles. The van der Waals surface area contributed by atoms with E-state index in [0.29, 0.717) is 24.4 Å². The van der Waals surface area contributed by atoms with Crippen LogP contribution in [0.4, 0.5) is 0 Å². The Hall–Kier alpha value is -0.640. The molecule has 6 atom stereocenters. The van der Waals surface area contributed by atoms with E-state index in [-0.39, 0.29) is 17.4 Å². The highest BCUT2D eigenvalue weighted by molar-refractivity contribution is 5.37. The van der Waals surface area contributed by atoms with Gasteiger partial charge in [0.15, 0.2) is 5.79 Å². The van der Waals surface area contributed by atoms with Crippen LogP contribution in [0.2, 0.25) is 0 Å². The van der Waals surface area contributed by atoms with Gasteiger partial charge in [0.25, 0.3) is 0 Å². The van der Waals surface area contributed by atoms with Crippen molar-refractivity contribution < 1.29 is 14.9 Å². The monoisotopic (exact) mass is 318 g/mol. The van der Waals surface area contributed by atoms with Crippen LogP contribution in [-0.4, -0.2) is 28.7 Å². The molecule has 4 rings (SSSR count). The van der Waals surface area contributed by atoms with Crippen LogP contribution in [0.5, 0.6) is 0 Å². The van der Waals surface area contributed by atoms with Crippen LogP contribution < -0.4 is 0 Å². The molecule has 3 heteroatoms. The van der Waals surface area contributed by atoms with Crippen molar-refractivity contribution in [2.45, 2.75) is 65.3 Å². The molecule has 0 aromatic heterocycles. The Morgan fingerprint density at radius 1 is 1.26 bits per heavy atom. The normalized spacial score (nSPS) is 49.1. The van der Waals surface area contributed by atoms with Crippen LogP contribution in [0.15, 0.2) is 22.8 Å². The molecule has 1 saturated carbocycles. The maximum absolute atomic E-state index is 10.9. The fourth-order valence-electron chi connectivity index (χ4n) is 6.19. The van der Waals surface area contributed by atoms with E-state index in [4.69, 9.17) is 4.74 Å². The van der Waals surface area contributed by atoms with Gasteiger partial charge in [-0.3, -0.25) is 0 Å². The third-order valence-corrected chi connectivity index (χ3v) is 7.10. The van der Waals surface area contributed by atoms with E-state index in [9.17, 15) is 10.2 Å². The average Bonchev–Trinajstić information content (AvgIpc) is 2.94. The summed E-state index contributed by atoms with van der Waals surface area (Å²) in [6, 6.07) is 0. The van der Waals surface area contributed by atoms with Gasteiger partial charge in [0, 0.05) is 12.3 Å². The standard InChI is InChI=1S/C20H30O3/c1-11(2)17-15-6-5-13-10-23-20(22)7-12(3)14(18(13)20)8-19(15,4)9-16(17)21/h5,11-12,14,16,18,21-22H,6-10H2,1-4H3. The van der Waals surface area contributed by atoms with E-state index in [2.05, 4.69) is 33.8 Å². The van der Waals surface area contributed by atoms with Crippen molar-refractivity contribution in [3.05, 3.63) is 22.8 Å². The van der Waals surface area contributed by atoms with Gasteiger partial charge in [0.1, 0.15) is 0 Å². The molecular weight excluding hydrogens is 288 g/mol. The van der Waals surface area contributed by atoms with Crippen molar-refractivity contribution in [1.82, 2.24) is 0 Å². The van der Waals surface area contributed by atoms with E-state index < -0.39 is 5.79 Å². The van der Waals surface area contributed by atoms with Gasteiger partial charge < -0.3 is 14.9 Å². The Bertz CT molecular complexity index is 590. The Labute approximate surface area is 139 Å². The Morgan fingerprint density at radius 2 is 2.00 bits per heavy atom. The van der Waals surface area contributed by atoms with Crippen LogP contribution >= 0.6 is 0 Å². The highest BCUT2D eigenvalue weighted by atomic mass is 16.6. The molecule has 3 aliphatic carbocycles. The molecular formula is C20H30O3. The lowest BCUT2D eigenvalue weighted by Gasteiger charge is -2.37. The van der Waals surface area contributed by atoms with Gasteiger partial charge in [0.2, 0.25) is 0 Å². The fraction of sp³-hybridized carbons (Fsp3) is 0.800. The van der Waals surface area contributed by atoms with Crippen molar-refractivity contribution >= 4 is 0 Å². The number of fused-ring (bicyclic) bond motifs is 1. The van der Waals surface area contributed by atoms with Crippen molar-refractivity contribution in [3.8, 4) is 0 Å². The molecule has 1 saturated heterocycles. The topological polar surface area (TPSA) is 49.7 Å². The summed E-state index contributed by atoms with van der Waals surface area (Å²) in [6.07, 6.45) is 5.57. The lowest BCUT2D eigenvalue weighted by Crippen LogP contribution is -2.34.